The molecule has 0 radical (unpaired) electrons. The predicted octanol–water partition coefficient (Wildman–Crippen LogP) is 0.682. The van der Waals surface area contributed by atoms with Gasteiger partial charge in [-0.05, 0) is 17.7 Å². The van der Waals surface area contributed by atoms with Crippen LogP contribution >= 0.6 is 0 Å². The summed E-state index contributed by atoms with van der Waals surface area (Å²) in [6.07, 6.45) is 0. The van der Waals surface area contributed by atoms with E-state index < -0.39 is 5.60 Å². The van der Waals surface area contributed by atoms with Crippen LogP contribution in [0.25, 0.3) is 0 Å². The van der Waals surface area contributed by atoms with Crippen molar-refractivity contribution in [2.45, 2.75) is 5.60 Å². The average Bonchev–Trinajstić information content (AvgIpc) is 2.13. The van der Waals surface area contributed by atoms with Gasteiger partial charge in [0.15, 0.2) is 0 Å². The molecule has 15 heavy (non-hydrogen) atoms. The minimum atomic E-state index is -0.883. The summed E-state index contributed by atoms with van der Waals surface area (Å²) in [6, 6.07) is 4.89. The van der Waals surface area contributed by atoms with Crippen molar-refractivity contribution >= 4 is 5.69 Å². The molecule has 1 fully saturated rings. The molecular formula is C11H15FN2O. The molecular weight excluding hydrogens is 195 g/mol. The molecule has 0 saturated carbocycles. The summed E-state index contributed by atoms with van der Waals surface area (Å²) in [7, 11) is 3.58. The van der Waals surface area contributed by atoms with E-state index in [4.69, 9.17) is 0 Å². The molecule has 1 aliphatic heterocycles. The highest BCUT2D eigenvalue weighted by atomic mass is 19.1. The van der Waals surface area contributed by atoms with Gasteiger partial charge in [-0.1, -0.05) is 6.07 Å². The summed E-state index contributed by atoms with van der Waals surface area (Å²) in [5, 5.41) is 13.0. The largest absolute Gasteiger partial charge is 0.382 e. The Morgan fingerprint density at radius 1 is 1.40 bits per heavy atom. The average molecular weight is 210 g/mol. The van der Waals surface area contributed by atoms with E-state index in [9.17, 15) is 9.50 Å². The van der Waals surface area contributed by atoms with Gasteiger partial charge in [-0.3, -0.25) is 0 Å². The number of rotatable bonds is 2. The van der Waals surface area contributed by atoms with Crippen LogP contribution in [0.2, 0.25) is 0 Å². The minimum Gasteiger partial charge on any atom is -0.382 e. The highest BCUT2D eigenvalue weighted by Crippen LogP contribution is 2.28. The van der Waals surface area contributed by atoms with Crippen LogP contribution < -0.4 is 10.2 Å². The standard InChI is InChI=1S/C11H15FN2O/c1-14(2)10-4-3-8(5-9(10)12)11(15)6-13-7-11/h3-5,13,15H,6-7H2,1-2H3. The number of benzene rings is 1. The molecule has 2 rings (SSSR count). The molecule has 82 valence electrons. The molecule has 0 atom stereocenters. The fourth-order valence-electron chi connectivity index (χ4n) is 1.72. The normalized spacial score (nSPS) is 18.4. The number of anilines is 1. The van der Waals surface area contributed by atoms with Crippen molar-refractivity contribution in [2.75, 3.05) is 32.1 Å². The van der Waals surface area contributed by atoms with Crippen LogP contribution in [0, 0.1) is 5.82 Å². The van der Waals surface area contributed by atoms with Gasteiger partial charge in [0.05, 0.1) is 5.69 Å². The number of nitrogens with zero attached hydrogens (tertiary/aromatic N) is 1. The van der Waals surface area contributed by atoms with Crippen molar-refractivity contribution in [3.63, 3.8) is 0 Å². The first-order valence-corrected chi connectivity index (χ1v) is 4.93. The Morgan fingerprint density at radius 2 is 2.07 bits per heavy atom. The van der Waals surface area contributed by atoms with Crippen molar-refractivity contribution in [2.24, 2.45) is 0 Å². The zero-order valence-electron chi connectivity index (χ0n) is 8.92. The Labute approximate surface area is 88.5 Å². The van der Waals surface area contributed by atoms with Crippen molar-refractivity contribution in [1.82, 2.24) is 5.32 Å². The van der Waals surface area contributed by atoms with E-state index in [0.717, 1.165) is 0 Å². The lowest BCUT2D eigenvalue weighted by Crippen LogP contribution is -2.56. The number of aliphatic hydroxyl groups is 1. The third kappa shape index (κ3) is 1.70. The summed E-state index contributed by atoms with van der Waals surface area (Å²) >= 11 is 0. The molecule has 1 heterocycles. The van der Waals surface area contributed by atoms with E-state index in [1.807, 2.05) is 0 Å². The molecule has 3 nitrogen and oxygen atoms in total. The molecule has 0 aromatic heterocycles. The molecule has 4 heteroatoms. The summed E-state index contributed by atoms with van der Waals surface area (Å²) in [6.45, 7) is 0.988. The van der Waals surface area contributed by atoms with Crippen LogP contribution in [-0.2, 0) is 5.60 Å². The van der Waals surface area contributed by atoms with E-state index in [1.54, 1.807) is 31.1 Å². The van der Waals surface area contributed by atoms with Gasteiger partial charge in [-0.2, -0.15) is 0 Å². The van der Waals surface area contributed by atoms with Crippen molar-refractivity contribution in [1.29, 1.82) is 0 Å². The first-order chi connectivity index (χ1) is 7.03. The summed E-state index contributed by atoms with van der Waals surface area (Å²) in [5.74, 6) is -0.294. The van der Waals surface area contributed by atoms with Gasteiger partial charge in [0, 0.05) is 27.2 Å². The quantitative estimate of drug-likeness (QED) is 0.753. The lowest BCUT2D eigenvalue weighted by Gasteiger charge is -2.38. The number of halogens is 1. The van der Waals surface area contributed by atoms with Gasteiger partial charge >= 0.3 is 0 Å². The molecule has 1 aliphatic rings. The molecule has 1 saturated heterocycles. The lowest BCUT2D eigenvalue weighted by molar-refractivity contribution is -0.0148. The van der Waals surface area contributed by atoms with Crippen LogP contribution in [0.5, 0.6) is 0 Å². The molecule has 1 aromatic rings. The van der Waals surface area contributed by atoms with Gasteiger partial charge in [-0.25, -0.2) is 4.39 Å². The fraction of sp³-hybridized carbons (Fsp3) is 0.455. The monoisotopic (exact) mass is 210 g/mol. The van der Waals surface area contributed by atoms with Crippen LogP contribution in [0.3, 0.4) is 0 Å². The lowest BCUT2D eigenvalue weighted by atomic mass is 9.88. The van der Waals surface area contributed by atoms with E-state index in [1.165, 1.54) is 6.07 Å². The highest BCUT2D eigenvalue weighted by molar-refractivity contribution is 5.49. The Hall–Kier alpha value is -1.13. The number of β-amino-alcohol motifs (C(OH)–C–C–N with tert-alkyl or cyclic N) is 1. The first-order valence-electron chi connectivity index (χ1n) is 4.93. The van der Waals surface area contributed by atoms with E-state index >= 15 is 0 Å². The van der Waals surface area contributed by atoms with Crippen molar-refractivity contribution in [3.05, 3.63) is 29.6 Å². The molecule has 0 unspecified atom stereocenters. The highest BCUT2D eigenvalue weighted by Gasteiger charge is 2.36. The van der Waals surface area contributed by atoms with Crippen LogP contribution in [0.4, 0.5) is 10.1 Å². The van der Waals surface area contributed by atoms with Gasteiger partial charge in [0.2, 0.25) is 0 Å². The second-order valence-corrected chi connectivity index (χ2v) is 4.20. The molecule has 0 aliphatic carbocycles. The SMILES string of the molecule is CN(C)c1ccc(C2(O)CNC2)cc1F. The zero-order valence-corrected chi connectivity index (χ0v) is 8.92. The summed E-state index contributed by atoms with van der Waals surface area (Å²) < 4.78 is 13.6. The third-order valence-electron chi connectivity index (χ3n) is 2.80. The molecule has 2 N–H and O–H groups in total. The smallest absolute Gasteiger partial charge is 0.146 e. The second-order valence-electron chi connectivity index (χ2n) is 4.20. The fourth-order valence-corrected chi connectivity index (χ4v) is 1.72. The second kappa shape index (κ2) is 3.47. The van der Waals surface area contributed by atoms with Crippen LogP contribution in [-0.4, -0.2) is 32.3 Å². The van der Waals surface area contributed by atoms with Gasteiger partial charge in [-0.15, -0.1) is 0 Å². The number of hydrogen-bond donors (Lipinski definition) is 2. The Balaban J connectivity index is 2.33. The van der Waals surface area contributed by atoms with Crippen LogP contribution in [0.1, 0.15) is 5.56 Å². The maximum atomic E-state index is 13.6. The third-order valence-corrected chi connectivity index (χ3v) is 2.80. The van der Waals surface area contributed by atoms with Crippen molar-refractivity contribution < 1.29 is 9.50 Å². The number of hydrogen-bond acceptors (Lipinski definition) is 3. The Kier molecular flexibility index (Phi) is 2.40. The van der Waals surface area contributed by atoms with E-state index in [-0.39, 0.29) is 5.82 Å². The van der Waals surface area contributed by atoms with E-state index in [2.05, 4.69) is 5.32 Å². The maximum Gasteiger partial charge on any atom is 0.146 e. The number of nitrogens with one attached hydrogen (secondary N) is 1. The first kappa shape index (κ1) is 10.4. The molecule has 1 aromatic carbocycles. The molecule has 0 amide bonds. The maximum absolute atomic E-state index is 13.6. The van der Waals surface area contributed by atoms with Gasteiger partial charge < -0.3 is 15.3 Å². The van der Waals surface area contributed by atoms with Gasteiger partial charge in [0.1, 0.15) is 11.4 Å². The van der Waals surface area contributed by atoms with E-state index in [0.29, 0.717) is 24.3 Å². The van der Waals surface area contributed by atoms with Crippen LogP contribution in [0.15, 0.2) is 18.2 Å². The Bertz CT molecular complexity index is 375. The topological polar surface area (TPSA) is 35.5 Å². The zero-order chi connectivity index (χ0) is 11.1. The molecule has 0 bridgehead atoms. The van der Waals surface area contributed by atoms with Crippen molar-refractivity contribution in [3.8, 4) is 0 Å². The van der Waals surface area contributed by atoms with Gasteiger partial charge in [0.25, 0.3) is 0 Å². The Morgan fingerprint density at radius 3 is 2.47 bits per heavy atom. The predicted molar refractivity (Wildman–Crippen MR) is 57.5 cm³/mol. The molecule has 0 spiro atoms. The minimum absolute atomic E-state index is 0.294. The summed E-state index contributed by atoms with van der Waals surface area (Å²) in [4.78, 5) is 1.71. The summed E-state index contributed by atoms with van der Waals surface area (Å²) in [5.41, 5.74) is 0.296.